The predicted octanol–water partition coefficient (Wildman–Crippen LogP) is 4.10. The van der Waals surface area contributed by atoms with Gasteiger partial charge in [0.25, 0.3) is 0 Å². The quantitative estimate of drug-likeness (QED) is 0.504. The predicted molar refractivity (Wildman–Crippen MR) is 94.3 cm³/mol. The highest BCUT2D eigenvalue weighted by molar-refractivity contribution is 7.99. The zero-order valence-electron chi connectivity index (χ0n) is 14.3. The molecule has 1 aliphatic rings. The Balaban J connectivity index is 1.94. The molecule has 0 amide bonds. The smallest absolute Gasteiger partial charge is 0.0971 e. The third kappa shape index (κ3) is 4.80. The summed E-state index contributed by atoms with van der Waals surface area (Å²) < 4.78 is 6.14. The summed E-state index contributed by atoms with van der Waals surface area (Å²) >= 11 is 1.66. The molecule has 1 aromatic heterocycles. The van der Waals surface area contributed by atoms with Gasteiger partial charge in [-0.05, 0) is 60.2 Å². The summed E-state index contributed by atoms with van der Waals surface area (Å²) in [5.74, 6) is 0.628. The molecular weight excluding hydrogens is 294 g/mol. The van der Waals surface area contributed by atoms with E-state index < -0.39 is 0 Å². The second-order valence-corrected chi connectivity index (χ2v) is 8.27. The Hall–Kier alpha value is -0.910. The van der Waals surface area contributed by atoms with Gasteiger partial charge in [-0.3, -0.25) is 9.98 Å². The first kappa shape index (κ1) is 17.4. The van der Waals surface area contributed by atoms with Gasteiger partial charge in [0.2, 0.25) is 0 Å². The minimum atomic E-state index is 0.109. The maximum atomic E-state index is 6.14. The lowest BCUT2D eigenvalue weighted by atomic mass is 9.81. The van der Waals surface area contributed by atoms with Crippen LogP contribution < -0.4 is 5.32 Å². The first-order valence-electron chi connectivity index (χ1n) is 7.68. The molecule has 1 N–H and O–H groups in total. The van der Waals surface area contributed by atoms with Crippen molar-refractivity contribution in [3.63, 3.8) is 0 Å². The van der Waals surface area contributed by atoms with Crippen LogP contribution in [-0.2, 0) is 4.74 Å². The van der Waals surface area contributed by atoms with Gasteiger partial charge in [-0.25, -0.2) is 0 Å². The van der Waals surface area contributed by atoms with Crippen molar-refractivity contribution in [1.29, 1.82) is 0 Å². The molecule has 5 heteroatoms. The molecule has 0 spiro atoms. The van der Waals surface area contributed by atoms with E-state index in [1.807, 2.05) is 13.0 Å². The van der Waals surface area contributed by atoms with E-state index in [1.54, 1.807) is 18.0 Å². The summed E-state index contributed by atoms with van der Waals surface area (Å²) in [7, 11) is 0. The van der Waals surface area contributed by atoms with Crippen LogP contribution >= 0.6 is 11.8 Å². The Morgan fingerprint density at radius 1 is 1.36 bits per heavy atom. The summed E-state index contributed by atoms with van der Waals surface area (Å²) in [6, 6.07) is 2.04. The van der Waals surface area contributed by atoms with E-state index >= 15 is 0 Å². The molecule has 0 unspecified atom stereocenters. The first-order valence-corrected chi connectivity index (χ1v) is 8.66. The SMILES string of the molecule is C=Nc1cnc(C)cc1SCOC1CC(C)(C)NC(C)(C)C1. The van der Waals surface area contributed by atoms with E-state index in [0.717, 1.165) is 29.1 Å². The van der Waals surface area contributed by atoms with E-state index in [-0.39, 0.29) is 17.2 Å². The fraction of sp³-hybridized carbons (Fsp3) is 0.647. The highest BCUT2D eigenvalue weighted by atomic mass is 32.2. The number of hydrogen-bond acceptors (Lipinski definition) is 5. The van der Waals surface area contributed by atoms with Crippen molar-refractivity contribution in [3.8, 4) is 0 Å². The third-order valence-electron chi connectivity index (χ3n) is 3.82. The van der Waals surface area contributed by atoms with Crippen molar-refractivity contribution in [3.05, 3.63) is 18.0 Å². The normalized spacial score (nSPS) is 20.8. The van der Waals surface area contributed by atoms with Crippen molar-refractivity contribution in [2.24, 2.45) is 4.99 Å². The lowest BCUT2D eigenvalue weighted by molar-refractivity contribution is -0.000871. The van der Waals surface area contributed by atoms with E-state index in [0.29, 0.717) is 5.94 Å². The topological polar surface area (TPSA) is 46.5 Å². The van der Waals surface area contributed by atoms with Crippen LogP contribution in [0.3, 0.4) is 0 Å². The van der Waals surface area contributed by atoms with Crippen LogP contribution in [0.1, 0.15) is 46.2 Å². The van der Waals surface area contributed by atoms with Crippen LogP contribution in [0.2, 0.25) is 0 Å². The van der Waals surface area contributed by atoms with Gasteiger partial charge in [0.15, 0.2) is 0 Å². The molecule has 1 fully saturated rings. The minimum Gasteiger partial charge on any atom is -0.367 e. The molecule has 0 saturated carbocycles. The monoisotopic (exact) mass is 321 g/mol. The Kier molecular flexibility index (Phi) is 5.30. The van der Waals surface area contributed by atoms with Gasteiger partial charge in [-0.15, -0.1) is 0 Å². The highest BCUT2D eigenvalue weighted by Gasteiger charge is 2.38. The molecule has 4 nitrogen and oxygen atoms in total. The summed E-state index contributed by atoms with van der Waals surface area (Å²) in [5.41, 5.74) is 2.03. The molecule has 1 aromatic rings. The maximum absolute atomic E-state index is 6.14. The minimum absolute atomic E-state index is 0.109. The van der Waals surface area contributed by atoms with Crippen molar-refractivity contribution in [2.45, 2.75) is 69.5 Å². The van der Waals surface area contributed by atoms with Crippen LogP contribution in [0, 0.1) is 6.92 Å². The standard InChI is InChI=1S/C17H27N3OS/c1-12-7-15(14(18-6)10-19-12)22-11-21-13-8-16(2,3)20-17(4,5)9-13/h7,10,13,20H,6,8-9,11H2,1-5H3. The van der Waals surface area contributed by atoms with Gasteiger partial charge in [-0.2, -0.15) is 0 Å². The summed E-state index contributed by atoms with van der Waals surface area (Å²) in [6.45, 7) is 14.5. The zero-order valence-corrected chi connectivity index (χ0v) is 15.1. The van der Waals surface area contributed by atoms with Gasteiger partial charge in [-0.1, -0.05) is 11.8 Å². The van der Waals surface area contributed by atoms with E-state index in [2.05, 4.69) is 49.7 Å². The number of aromatic nitrogens is 1. The molecule has 1 aliphatic heterocycles. The van der Waals surface area contributed by atoms with Gasteiger partial charge >= 0.3 is 0 Å². The number of nitrogens with one attached hydrogen (secondary N) is 1. The first-order chi connectivity index (χ1) is 10.2. The molecule has 0 bridgehead atoms. The van der Waals surface area contributed by atoms with Crippen molar-refractivity contribution >= 4 is 24.2 Å². The highest BCUT2D eigenvalue weighted by Crippen LogP contribution is 2.33. The van der Waals surface area contributed by atoms with Gasteiger partial charge in [0, 0.05) is 21.7 Å². The molecule has 1 saturated heterocycles. The Morgan fingerprint density at radius 2 is 2.00 bits per heavy atom. The van der Waals surface area contributed by atoms with Gasteiger partial charge in [0.05, 0.1) is 23.9 Å². The van der Waals surface area contributed by atoms with Crippen LogP contribution in [0.5, 0.6) is 0 Å². The van der Waals surface area contributed by atoms with Crippen LogP contribution in [0.15, 0.2) is 22.2 Å². The number of aliphatic imine (C=N–C) groups is 1. The van der Waals surface area contributed by atoms with Gasteiger partial charge in [0.1, 0.15) is 0 Å². The van der Waals surface area contributed by atoms with Gasteiger partial charge < -0.3 is 10.1 Å². The largest absolute Gasteiger partial charge is 0.367 e. The Labute approximate surface area is 138 Å². The molecule has 22 heavy (non-hydrogen) atoms. The number of nitrogens with zero attached hydrogens (tertiary/aromatic N) is 2. The third-order valence-corrected chi connectivity index (χ3v) is 4.72. The molecule has 0 aromatic carbocycles. The second kappa shape index (κ2) is 6.69. The average Bonchev–Trinajstić information content (AvgIpc) is 2.35. The molecule has 122 valence electrons. The maximum Gasteiger partial charge on any atom is 0.0971 e. The number of pyridine rings is 1. The fourth-order valence-electron chi connectivity index (χ4n) is 3.30. The van der Waals surface area contributed by atoms with E-state index in [4.69, 9.17) is 4.74 Å². The number of hydrogen-bond donors (Lipinski definition) is 1. The lowest BCUT2D eigenvalue weighted by Gasteiger charge is -2.46. The molecule has 0 aliphatic carbocycles. The van der Waals surface area contributed by atoms with Crippen LogP contribution in [0.4, 0.5) is 5.69 Å². The van der Waals surface area contributed by atoms with E-state index in [9.17, 15) is 0 Å². The second-order valence-electron chi connectivity index (χ2n) is 7.30. The van der Waals surface area contributed by atoms with Crippen molar-refractivity contribution in [2.75, 3.05) is 5.94 Å². The zero-order chi connectivity index (χ0) is 16.4. The van der Waals surface area contributed by atoms with Crippen LogP contribution in [0.25, 0.3) is 0 Å². The molecule has 2 rings (SSSR count). The number of piperidine rings is 1. The Morgan fingerprint density at radius 3 is 2.59 bits per heavy atom. The average molecular weight is 321 g/mol. The molecule has 0 atom stereocenters. The summed E-state index contributed by atoms with van der Waals surface area (Å²) in [5, 5.41) is 3.68. The molecule has 0 radical (unpaired) electrons. The molecule has 2 heterocycles. The fourth-order valence-corrected chi connectivity index (χ4v) is 4.21. The lowest BCUT2D eigenvalue weighted by Crippen LogP contribution is -2.59. The van der Waals surface area contributed by atoms with Crippen LogP contribution in [-0.4, -0.2) is 34.8 Å². The summed E-state index contributed by atoms with van der Waals surface area (Å²) in [4.78, 5) is 9.35. The number of thioether (sulfide) groups is 1. The number of ether oxygens (including phenoxy) is 1. The number of aryl methyl sites for hydroxylation is 1. The van der Waals surface area contributed by atoms with Crippen molar-refractivity contribution in [1.82, 2.24) is 10.3 Å². The Bertz CT molecular complexity index is 527. The summed E-state index contributed by atoms with van der Waals surface area (Å²) in [6.07, 6.45) is 4.10. The number of rotatable bonds is 5. The van der Waals surface area contributed by atoms with E-state index in [1.165, 1.54) is 0 Å². The molecular formula is C17H27N3OS. The van der Waals surface area contributed by atoms with Crippen molar-refractivity contribution < 1.29 is 4.74 Å².